The number of aromatic hydroxyl groups is 1. The number of phenolic OH excluding ortho intramolecular Hbond substituents is 1. The van der Waals surface area contributed by atoms with Gasteiger partial charge < -0.3 is 14.6 Å². The van der Waals surface area contributed by atoms with Crippen LogP contribution in [0.15, 0.2) is 18.2 Å². The number of carbonyl (C=O) groups is 1. The van der Waals surface area contributed by atoms with E-state index >= 15 is 0 Å². The monoisotopic (exact) mass is 290 g/mol. The Labute approximate surface area is 110 Å². The molecule has 1 amide bonds. The minimum Gasteiger partial charge on any atom is -0.506 e. The van der Waals surface area contributed by atoms with Crippen molar-refractivity contribution in [3.05, 3.63) is 18.2 Å². The first kappa shape index (κ1) is 14.9. The number of amides is 1. The van der Waals surface area contributed by atoms with Crippen LogP contribution in [-0.4, -0.2) is 33.3 Å². The van der Waals surface area contributed by atoms with Crippen molar-refractivity contribution < 1.29 is 27.8 Å². The Morgan fingerprint density at radius 3 is 2.68 bits per heavy atom. The highest BCUT2D eigenvalue weighted by Crippen LogP contribution is 2.28. The van der Waals surface area contributed by atoms with Crippen molar-refractivity contribution in [2.24, 2.45) is 0 Å². The van der Waals surface area contributed by atoms with E-state index in [0.29, 0.717) is 5.75 Å². The van der Waals surface area contributed by atoms with Crippen LogP contribution in [0.5, 0.6) is 11.5 Å². The molecule has 8 nitrogen and oxygen atoms in total. The van der Waals surface area contributed by atoms with Crippen molar-refractivity contribution in [3.8, 4) is 11.5 Å². The molecule has 0 aliphatic carbocycles. The topological polar surface area (TPSA) is 114 Å². The van der Waals surface area contributed by atoms with E-state index in [1.807, 2.05) is 4.72 Å². The van der Waals surface area contributed by atoms with Gasteiger partial charge in [0.2, 0.25) is 0 Å². The summed E-state index contributed by atoms with van der Waals surface area (Å²) in [5.41, 5.74) is -0.129. The number of carbonyl (C=O) groups excluding carboxylic acids is 1. The fraction of sp³-hybridized carbons (Fsp3) is 0.300. The average Bonchev–Trinajstić information content (AvgIpc) is 2.31. The molecule has 0 saturated heterocycles. The van der Waals surface area contributed by atoms with Crippen LogP contribution in [0.2, 0.25) is 0 Å². The van der Waals surface area contributed by atoms with E-state index in [1.54, 1.807) is 4.72 Å². The first-order valence-corrected chi connectivity index (χ1v) is 6.70. The van der Waals surface area contributed by atoms with Gasteiger partial charge in [0.25, 0.3) is 0 Å². The van der Waals surface area contributed by atoms with Crippen molar-refractivity contribution in [2.75, 3.05) is 18.4 Å². The smallest absolute Gasteiger partial charge is 0.422 e. The molecule has 0 unspecified atom stereocenters. The molecule has 0 spiro atoms. The van der Waals surface area contributed by atoms with Gasteiger partial charge in [-0.2, -0.15) is 8.42 Å². The van der Waals surface area contributed by atoms with Gasteiger partial charge in [0.15, 0.2) is 0 Å². The average molecular weight is 290 g/mol. The van der Waals surface area contributed by atoms with Gasteiger partial charge in [-0.3, -0.25) is 4.72 Å². The molecule has 1 rings (SSSR count). The Hall–Kier alpha value is -2.16. The van der Waals surface area contributed by atoms with Crippen LogP contribution in [0.3, 0.4) is 0 Å². The number of rotatable bonds is 5. The number of methoxy groups -OCH3 is 1. The molecule has 0 aliphatic heterocycles. The van der Waals surface area contributed by atoms with Crippen molar-refractivity contribution in [3.63, 3.8) is 0 Å². The van der Waals surface area contributed by atoms with Crippen LogP contribution >= 0.6 is 0 Å². The lowest BCUT2D eigenvalue weighted by Crippen LogP contribution is -2.35. The third-order valence-corrected chi connectivity index (χ3v) is 2.87. The van der Waals surface area contributed by atoms with Crippen molar-refractivity contribution >= 4 is 22.0 Å². The minimum absolute atomic E-state index is 0.0335. The van der Waals surface area contributed by atoms with E-state index in [4.69, 9.17) is 4.74 Å². The molecule has 0 heterocycles. The molecule has 0 aromatic heterocycles. The lowest BCUT2D eigenvalue weighted by atomic mass is 10.3. The molecule has 0 aliphatic rings. The number of hydrogen-bond acceptors (Lipinski definition) is 6. The Bertz CT molecular complexity index is 557. The number of phenols is 1. The van der Waals surface area contributed by atoms with Crippen LogP contribution in [0.25, 0.3) is 0 Å². The van der Waals surface area contributed by atoms with Crippen molar-refractivity contribution in [1.82, 2.24) is 4.72 Å². The van der Waals surface area contributed by atoms with E-state index in [9.17, 15) is 18.3 Å². The zero-order valence-electron chi connectivity index (χ0n) is 10.3. The number of hydrogen-bond donors (Lipinski definition) is 3. The normalized spacial score (nSPS) is 10.6. The molecule has 1 aromatic rings. The summed E-state index contributed by atoms with van der Waals surface area (Å²) < 4.78 is 36.0. The zero-order chi connectivity index (χ0) is 14.5. The van der Waals surface area contributed by atoms with E-state index in [1.165, 1.54) is 32.2 Å². The van der Waals surface area contributed by atoms with E-state index < -0.39 is 16.3 Å². The van der Waals surface area contributed by atoms with Gasteiger partial charge in [-0.15, -0.1) is 0 Å². The quantitative estimate of drug-likeness (QED) is 0.691. The number of nitrogens with one attached hydrogen (secondary N) is 2. The van der Waals surface area contributed by atoms with Gasteiger partial charge in [-0.25, -0.2) is 9.52 Å². The van der Waals surface area contributed by atoms with Crippen LogP contribution in [0.4, 0.5) is 10.5 Å². The Morgan fingerprint density at radius 1 is 1.42 bits per heavy atom. The SMILES string of the molecule is CCOC(=O)NS(=O)(=O)Nc1cc(OC)ccc1O. The fourth-order valence-corrected chi connectivity index (χ4v) is 1.95. The second kappa shape index (κ2) is 6.14. The highest BCUT2D eigenvalue weighted by molar-refractivity contribution is 7.91. The maximum absolute atomic E-state index is 11.6. The molecular formula is C10H14N2O6S. The molecule has 0 bridgehead atoms. The van der Waals surface area contributed by atoms with Gasteiger partial charge in [0.1, 0.15) is 11.5 Å². The summed E-state index contributed by atoms with van der Waals surface area (Å²) in [6.45, 7) is 1.57. The summed E-state index contributed by atoms with van der Waals surface area (Å²) in [5, 5.41) is 9.50. The Balaban J connectivity index is 2.86. The molecule has 19 heavy (non-hydrogen) atoms. The molecule has 1 aromatic carbocycles. The Morgan fingerprint density at radius 2 is 2.11 bits per heavy atom. The summed E-state index contributed by atoms with van der Waals surface area (Å²) in [4.78, 5) is 11.0. The van der Waals surface area contributed by atoms with Gasteiger partial charge in [0, 0.05) is 6.07 Å². The molecule has 9 heteroatoms. The van der Waals surface area contributed by atoms with Gasteiger partial charge in [0.05, 0.1) is 19.4 Å². The number of benzene rings is 1. The lowest BCUT2D eigenvalue weighted by Gasteiger charge is -2.11. The second-order valence-electron chi connectivity index (χ2n) is 3.31. The predicted molar refractivity (Wildman–Crippen MR) is 67.4 cm³/mol. The van der Waals surface area contributed by atoms with Crippen LogP contribution < -0.4 is 14.2 Å². The summed E-state index contributed by atoms with van der Waals surface area (Å²) in [5.74, 6) is 0.0293. The molecule has 0 fully saturated rings. The third kappa shape index (κ3) is 4.54. The first-order valence-electron chi connectivity index (χ1n) is 5.22. The van der Waals surface area contributed by atoms with Crippen LogP contribution in [0.1, 0.15) is 6.92 Å². The maximum atomic E-state index is 11.6. The third-order valence-electron chi connectivity index (χ3n) is 1.94. The van der Waals surface area contributed by atoms with Crippen molar-refractivity contribution in [2.45, 2.75) is 6.92 Å². The predicted octanol–water partition coefficient (Wildman–Crippen LogP) is 0.804. The highest BCUT2D eigenvalue weighted by Gasteiger charge is 2.17. The molecule has 0 atom stereocenters. The summed E-state index contributed by atoms with van der Waals surface area (Å²) in [6.07, 6.45) is -1.11. The van der Waals surface area contributed by atoms with E-state index in [2.05, 4.69) is 4.74 Å². The number of anilines is 1. The van der Waals surface area contributed by atoms with Crippen LogP contribution in [-0.2, 0) is 14.9 Å². The first-order chi connectivity index (χ1) is 8.88. The second-order valence-corrected chi connectivity index (χ2v) is 4.73. The molecule has 3 N–H and O–H groups in total. The summed E-state index contributed by atoms with van der Waals surface area (Å²) in [7, 11) is -2.80. The molecule has 106 valence electrons. The van der Waals surface area contributed by atoms with Gasteiger partial charge in [-0.05, 0) is 19.1 Å². The standard InChI is InChI=1S/C10H14N2O6S/c1-3-18-10(14)12-19(15,16)11-8-6-7(17-2)4-5-9(8)13/h4-6,11,13H,3H2,1-2H3,(H,12,14). The van der Waals surface area contributed by atoms with Crippen molar-refractivity contribution in [1.29, 1.82) is 0 Å². The van der Waals surface area contributed by atoms with E-state index in [0.717, 1.165) is 0 Å². The molecule has 0 radical (unpaired) electrons. The largest absolute Gasteiger partial charge is 0.506 e. The number of ether oxygens (including phenoxy) is 2. The maximum Gasteiger partial charge on any atom is 0.422 e. The Kier molecular flexibility index (Phi) is 4.81. The van der Waals surface area contributed by atoms with Gasteiger partial charge in [-0.1, -0.05) is 0 Å². The summed E-state index contributed by atoms with van der Waals surface area (Å²) >= 11 is 0. The van der Waals surface area contributed by atoms with Crippen LogP contribution in [0, 0.1) is 0 Å². The lowest BCUT2D eigenvalue weighted by molar-refractivity contribution is 0.159. The van der Waals surface area contributed by atoms with Gasteiger partial charge >= 0.3 is 16.3 Å². The molecular weight excluding hydrogens is 276 g/mol. The highest BCUT2D eigenvalue weighted by atomic mass is 32.2. The minimum atomic E-state index is -4.19. The zero-order valence-corrected chi connectivity index (χ0v) is 11.2. The summed E-state index contributed by atoms with van der Waals surface area (Å²) in [6, 6.07) is 3.96. The fourth-order valence-electron chi connectivity index (χ4n) is 1.16. The molecule has 0 saturated carbocycles. The van der Waals surface area contributed by atoms with E-state index in [-0.39, 0.29) is 18.0 Å².